The lowest BCUT2D eigenvalue weighted by Crippen LogP contribution is -2.35. The zero-order valence-corrected chi connectivity index (χ0v) is 14.1. The summed E-state index contributed by atoms with van der Waals surface area (Å²) < 4.78 is 22.2. The summed E-state index contributed by atoms with van der Waals surface area (Å²) in [6, 6.07) is 0. The standard InChI is InChI=1S/C16H28O5/c1-12(2)13(17)21-15(6)8-16(7,19-10-15)20-11-18-9-14(3,4)5/h1,8-11H2,2-7H3. The maximum atomic E-state index is 11.6. The lowest BCUT2D eigenvalue weighted by atomic mass is 9.99. The molecule has 0 N–H and O–H groups in total. The molecule has 1 aliphatic heterocycles. The molecule has 0 aromatic rings. The quantitative estimate of drug-likeness (QED) is 0.327. The van der Waals surface area contributed by atoms with Crippen LogP contribution in [0.15, 0.2) is 12.2 Å². The van der Waals surface area contributed by atoms with E-state index in [-0.39, 0.29) is 12.2 Å². The lowest BCUT2D eigenvalue weighted by Gasteiger charge is -2.27. The molecule has 2 atom stereocenters. The van der Waals surface area contributed by atoms with Gasteiger partial charge in [0.2, 0.25) is 0 Å². The number of esters is 1. The normalized spacial score (nSPS) is 29.4. The number of carbonyl (C=O) groups excluding carboxylic acids is 1. The van der Waals surface area contributed by atoms with Gasteiger partial charge < -0.3 is 18.9 Å². The van der Waals surface area contributed by atoms with Gasteiger partial charge in [0.05, 0.1) is 13.2 Å². The van der Waals surface area contributed by atoms with Gasteiger partial charge in [0, 0.05) is 12.0 Å². The Morgan fingerprint density at radius 1 is 1.33 bits per heavy atom. The van der Waals surface area contributed by atoms with Crippen molar-refractivity contribution in [1.82, 2.24) is 0 Å². The Morgan fingerprint density at radius 3 is 2.48 bits per heavy atom. The molecular formula is C16H28O5. The van der Waals surface area contributed by atoms with E-state index in [2.05, 4.69) is 27.4 Å². The van der Waals surface area contributed by atoms with Crippen molar-refractivity contribution < 1.29 is 23.7 Å². The Labute approximate surface area is 127 Å². The number of ether oxygens (including phenoxy) is 4. The first kappa shape index (κ1) is 18.1. The molecule has 0 aliphatic carbocycles. The Morgan fingerprint density at radius 2 is 1.95 bits per heavy atom. The molecule has 1 aliphatic rings. The third-order valence-electron chi connectivity index (χ3n) is 3.05. The number of hydrogen-bond acceptors (Lipinski definition) is 5. The molecule has 5 nitrogen and oxygen atoms in total. The van der Waals surface area contributed by atoms with Crippen LogP contribution in [0.4, 0.5) is 0 Å². The molecule has 5 heteroatoms. The minimum Gasteiger partial charge on any atom is -0.453 e. The van der Waals surface area contributed by atoms with Gasteiger partial charge in [0.1, 0.15) is 12.4 Å². The van der Waals surface area contributed by atoms with Crippen molar-refractivity contribution in [2.24, 2.45) is 5.41 Å². The summed E-state index contributed by atoms with van der Waals surface area (Å²) in [6.45, 7) is 16.2. The maximum absolute atomic E-state index is 11.6. The average Bonchev–Trinajstić information content (AvgIpc) is 2.60. The van der Waals surface area contributed by atoms with Crippen molar-refractivity contribution >= 4 is 5.97 Å². The monoisotopic (exact) mass is 300 g/mol. The van der Waals surface area contributed by atoms with Crippen molar-refractivity contribution in [3.63, 3.8) is 0 Å². The third-order valence-corrected chi connectivity index (χ3v) is 3.05. The SMILES string of the molecule is C=C(C)C(=O)OC1(C)COC(C)(OCOCC(C)(C)C)C1. The predicted octanol–water partition coefficient (Wildman–Crippen LogP) is 3.04. The van der Waals surface area contributed by atoms with E-state index in [1.807, 2.05) is 13.8 Å². The Hall–Kier alpha value is -0.910. The van der Waals surface area contributed by atoms with Crippen LogP contribution >= 0.6 is 0 Å². The van der Waals surface area contributed by atoms with Gasteiger partial charge in [-0.2, -0.15) is 0 Å². The fraction of sp³-hybridized carbons (Fsp3) is 0.812. The van der Waals surface area contributed by atoms with Gasteiger partial charge in [-0.05, 0) is 26.2 Å². The summed E-state index contributed by atoms with van der Waals surface area (Å²) in [6.07, 6.45) is 0.456. The number of hydrogen-bond donors (Lipinski definition) is 0. The molecule has 0 spiro atoms. The summed E-state index contributed by atoms with van der Waals surface area (Å²) >= 11 is 0. The molecule has 1 rings (SSSR count). The van der Waals surface area contributed by atoms with E-state index in [0.29, 0.717) is 25.2 Å². The van der Waals surface area contributed by atoms with Gasteiger partial charge in [0.15, 0.2) is 5.79 Å². The summed E-state index contributed by atoms with van der Waals surface area (Å²) in [5.74, 6) is -1.21. The van der Waals surface area contributed by atoms with E-state index in [1.54, 1.807) is 6.92 Å². The Bertz CT molecular complexity index is 398. The molecule has 0 radical (unpaired) electrons. The van der Waals surface area contributed by atoms with Gasteiger partial charge in [-0.3, -0.25) is 0 Å². The second-order valence-corrected chi connectivity index (χ2v) is 7.39. The van der Waals surface area contributed by atoms with E-state index in [4.69, 9.17) is 18.9 Å². The Kier molecular flexibility index (Phi) is 5.58. The topological polar surface area (TPSA) is 54.0 Å². The Balaban J connectivity index is 2.44. The molecule has 0 amide bonds. The molecular weight excluding hydrogens is 272 g/mol. The molecule has 0 saturated carbocycles. The number of rotatable bonds is 6. The number of carbonyl (C=O) groups is 1. The van der Waals surface area contributed by atoms with Crippen molar-refractivity contribution in [3.05, 3.63) is 12.2 Å². The van der Waals surface area contributed by atoms with Crippen molar-refractivity contribution in [3.8, 4) is 0 Å². The third kappa shape index (κ3) is 6.16. The van der Waals surface area contributed by atoms with E-state index in [1.165, 1.54) is 0 Å². The minimum atomic E-state index is -0.804. The summed E-state index contributed by atoms with van der Waals surface area (Å²) in [4.78, 5) is 11.6. The first-order valence-electron chi connectivity index (χ1n) is 7.19. The zero-order valence-electron chi connectivity index (χ0n) is 14.1. The summed E-state index contributed by atoms with van der Waals surface area (Å²) in [5, 5.41) is 0. The van der Waals surface area contributed by atoms with Gasteiger partial charge >= 0.3 is 5.97 Å². The first-order chi connectivity index (χ1) is 9.45. The molecule has 1 fully saturated rings. The van der Waals surface area contributed by atoms with Crippen LogP contribution in [0.3, 0.4) is 0 Å². The highest BCUT2D eigenvalue weighted by atomic mass is 16.8. The highest BCUT2D eigenvalue weighted by Gasteiger charge is 2.47. The molecule has 1 heterocycles. The predicted molar refractivity (Wildman–Crippen MR) is 79.6 cm³/mol. The molecule has 1 saturated heterocycles. The smallest absolute Gasteiger partial charge is 0.333 e. The summed E-state index contributed by atoms with van der Waals surface area (Å²) in [7, 11) is 0. The van der Waals surface area contributed by atoms with Crippen LogP contribution < -0.4 is 0 Å². The first-order valence-corrected chi connectivity index (χ1v) is 7.19. The van der Waals surface area contributed by atoms with E-state index >= 15 is 0 Å². The molecule has 2 unspecified atom stereocenters. The van der Waals surface area contributed by atoms with Gasteiger partial charge in [-0.15, -0.1) is 0 Å². The van der Waals surface area contributed by atoms with Crippen LogP contribution in [0.2, 0.25) is 0 Å². The fourth-order valence-electron chi connectivity index (χ4n) is 2.07. The largest absolute Gasteiger partial charge is 0.453 e. The van der Waals surface area contributed by atoms with Crippen molar-refractivity contribution in [1.29, 1.82) is 0 Å². The highest BCUT2D eigenvalue weighted by molar-refractivity contribution is 5.87. The van der Waals surface area contributed by atoms with Crippen LogP contribution in [0.1, 0.15) is 48.0 Å². The summed E-state index contributed by atoms with van der Waals surface area (Å²) in [5.41, 5.74) is -0.236. The second kappa shape index (κ2) is 6.46. The second-order valence-electron chi connectivity index (χ2n) is 7.39. The van der Waals surface area contributed by atoms with Crippen LogP contribution in [0.5, 0.6) is 0 Å². The van der Waals surface area contributed by atoms with Crippen LogP contribution in [0.25, 0.3) is 0 Å². The minimum absolute atomic E-state index is 0.0896. The van der Waals surface area contributed by atoms with E-state index in [9.17, 15) is 4.79 Å². The molecule has 0 bridgehead atoms. The molecule has 21 heavy (non-hydrogen) atoms. The van der Waals surface area contributed by atoms with Crippen LogP contribution in [-0.2, 0) is 23.7 Å². The average molecular weight is 300 g/mol. The lowest BCUT2D eigenvalue weighted by molar-refractivity contribution is -0.244. The van der Waals surface area contributed by atoms with Gasteiger partial charge in [0.25, 0.3) is 0 Å². The van der Waals surface area contributed by atoms with E-state index < -0.39 is 17.4 Å². The molecule has 0 aromatic heterocycles. The van der Waals surface area contributed by atoms with Crippen molar-refractivity contribution in [2.75, 3.05) is 20.0 Å². The highest BCUT2D eigenvalue weighted by Crippen LogP contribution is 2.36. The van der Waals surface area contributed by atoms with Crippen LogP contribution in [-0.4, -0.2) is 37.4 Å². The van der Waals surface area contributed by atoms with Gasteiger partial charge in [-0.25, -0.2) is 4.79 Å². The van der Waals surface area contributed by atoms with E-state index in [0.717, 1.165) is 0 Å². The fourth-order valence-corrected chi connectivity index (χ4v) is 2.07. The maximum Gasteiger partial charge on any atom is 0.333 e. The van der Waals surface area contributed by atoms with Gasteiger partial charge in [-0.1, -0.05) is 27.4 Å². The zero-order chi connectivity index (χ0) is 16.3. The molecule has 122 valence electrons. The molecule has 0 aromatic carbocycles. The van der Waals surface area contributed by atoms with Crippen LogP contribution in [0, 0.1) is 5.41 Å². The van der Waals surface area contributed by atoms with Crippen molar-refractivity contribution in [2.45, 2.75) is 59.4 Å².